The molecule has 1 aromatic carbocycles. The third kappa shape index (κ3) is 3.49. The van der Waals surface area contributed by atoms with E-state index in [9.17, 15) is 14.9 Å². The molecule has 1 aromatic heterocycles. The molecule has 2 aliphatic heterocycles. The molecule has 0 aliphatic carbocycles. The molecule has 0 unspecified atom stereocenters. The van der Waals surface area contributed by atoms with Crippen molar-refractivity contribution in [3.8, 4) is 0 Å². The number of pyridine rings is 1. The van der Waals surface area contributed by atoms with E-state index in [4.69, 9.17) is 0 Å². The predicted molar refractivity (Wildman–Crippen MR) is 101 cm³/mol. The number of nitrogens with one attached hydrogen (secondary N) is 1. The summed E-state index contributed by atoms with van der Waals surface area (Å²) < 4.78 is 0. The van der Waals surface area contributed by atoms with Crippen molar-refractivity contribution < 1.29 is 9.72 Å². The topological polar surface area (TPSA) is 88.4 Å². The number of non-ortho nitro benzene ring substituents is 1. The number of hydrogen-bond acceptors (Lipinski definition) is 5. The van der Waals surface area contributed by atoms with E-state index in [0.29, 0.717) is 13.0 Å². The second kappa shape index (κ2) is 7.34. The molecular formula is C20H22N4O3. The molecule has 1 fully saturated rings. The molecular weight excluding hydrogens is 344 g/mol. The van der Waals surface area contributed by atoms with Crippen LogP contribution in [0.3, 0.4) is 0 Å². The Kier molecular flexibility index (Phi) is 4.75. The van der Waals surface area contributed by atoms with Crippen LogP contribution < -0.4 is 10.2 Å². The van der Waals surface area contributed by atoms with E-state index >= 15 is 0 Å². The third-order valence-electron chi connectivity index (χ3n) is 5.54. The minimum atomic E-state index is -0.376. The summed E-state index contributed by atoms with van der Waals surface area (Å²) in [5, 5.41) is 14.2. The Morgan fingerprint density at radius 2 is 2.19 bits per heavy atom. The molecule has 2 aromatic rings. The summed E-state index contributed by atoms with van der Waals surface area (Å²) >= 11 is 0. The number of piperidine rings is 1. The number of hydrogen-bond donors (Lipinski definition) is 1. The monoisotopic (exact) mass is 366 g/mol. The first-order chi connectivity index (χ1) is 13.1. The highest BCUT2D eigenvalue weighted by atomic mass is 16.6. The highest BCUT2D eigenvalue weighted by molar-refractivity contribution is 5.82. The molecule has 0 bridgehead atoms. The van der Waals surface area contributed by atoms with Crippen molar-refractivity contribution in [3.63, 3.8) is 0 Å². The van der Waals surface area contributed by atoms with Crippen molar-refractivity contribution in [1.29, 1.82) is 0 Å². The molecule has 27 heavy (non-hydrogen) atoms. The lowest BCUT2D eigenvalue weighted by atomic mass is 9.80. The molecule has 0 radical (unpaired) electrons. The number of aromatic nitrogens is 1. The second-order valence-corrected chi connectivity index (χ2v) is 7.18. The van der Waals surface area contributed by atoms with E-state index in [1.807, 2.05) is 24.3 Å². The highest BCUT2D eigenvalue weighted by Gasteiger charge is 2.39. The first-order valence-electron chi connectivity index (χ1n) is 9.35. The van der Waals surface area contributed by atoms with Crippen LogP contribution in [-0.2, 0) is 17.8 Å². The number of amides is 1. The summed E-state index contributed by atoms with van der Waals surface area (Å²) in [6.45, 7) is 1.28. The molecule has 3 heterocycles. The lowest BCUT2D eigenvalue weighted by molar-refractivity contribution is -0.384. The van der Waals surface area contributed by atoms with Crippen LogP contribution in [0.4, 0.5) is 11.4 Å². The Morgan fingerprint density at radius 1 is 1.30 bits per heavy atom. The fourth-order valence-electron chi connectivity index (χ4n) is 4.26. The number of nitro benzene ring substituents is 1. The standard InChI is InChI=1S/C20H22N4O3/c25-20(22-13-15-5-1-3-9-21-15)17-12-14-11-16(24(26)27)7-8-18(14)23-10-4-2-6-19(17)23/h1,3,5,7-9,11,17,19H,2,4,6,10,12-13H2,(H,22,25)/t17-,19-/m0/s1. The fraction of sp³-hybridized carbons (Fsp3) is 0.400. The lowest BCUT2D eigenvalue weighted by Crippen LogP contribution is -2.53. The molecule has 1 saturated heterocycles. The number of benzene rings is 1. The quantitative estimate of drug-likeness (QED) is 0.664. The van der Waals surface area contributed by atoms with Gasteiger partial charge in [-0.3, -0.25) is 19.9 Å². The van der Waals surface area contributed by atoms with Crippen LogP contribution in [0.2, 0.25) is 0 Å². The van der Waals surface area contributed by atoms with Crippen molar-refractivity contribution in [2.24, 2.45) is 5.92 Å². The van der Waals surface area contributed by atoms with Gasteiger partial charge < -0.3 is 10.2 Å². The van der Waals surface area contributed by atoms with E-state index in [-0.39, 0.29) is 28.5 Å². The van der Waals surface area contributed by atoms with Crippen molar-refractivity contribution in [2.45, 2.75) is 38.3 Å². The van der Waals surface area contributed by atoms with Gasteiger partial charge in [-0.05, 0) is 49.4 Å². The maximum absolute atomic E-state index is 13.0. The molecule has 1 amide bonds. The minimum Gasteiger partial charge on any atom is -0.368 e. The average molecular weight is 366 g/mol. The zero-order chi connectivity index (χ0) is 18.8. The molecule has 0 saturated carbocycles. The number of fused-ring (bicyclic) bond motifs is 3. The molecule has 7 heteroatoms. The van der Waals surface area contributed by atoms with Crippen LogP contribution in [0.25, 0.3) is 0 Å². The summed E-state index contributed by atoms with van der Waals surface area (Å²) in [5.41, 5.74) is 2.83. The molecule has 140 valence electrons. The zero-order valence-corrected chi connectivity index (χ0v) is 15.0. The Labute approximate surface area is 157 Å². The number of nitrogens with zero attached hydrogens (tertiary/aromatic N) is 3. The molecule has 1 N–H and O–H groups in total. The molecule has 4 rings (SSSR count). The molecule has 0 spiro atoms. The number of nitro groups is 1. The smallest absolute Gasteiger partial charge is 0.269 e. The van der Waals surface area contributed by atoms with Gasteiger partial charge >= 0.3 is 0 Å². The predicted octanol–water partition coefficient (Wildman–Crippen LogP) is 2.84. The van der Waals surface area contributed by atoms with Gasteiger partial charge in [-0.2, -0.15) is 0 Å². The second-order valence-electron chi connectivity index (χ2n) is 7.18. The first kappa shape index (κ1) is 17.5. The van der Waals surface area contributed by atoms with Crippen LogP contribution in [0.15, 0.2) is 42.6 Å². The SMILES string of the molecule is O=C(NCc1ccccn1)[C@H]1Cc2cc([N+](=O)[O-])ccc2N2CCCC[C@@H]12. The van der Waals surface area contributed by atoms with E-state index < -0.39 is 0 Å². The van der Waals surface area contributed by atoms with Crippen LogP contribution in [0.1, 0.15) is 30.5 Å². The van der Waals surface area contributed by atoms with Gasteiger partial charge in [0.2, 0.25) is 5.91 Å². The van der Waals surface area contributed by atoms with Crippen molar-refractivity contribution in [2.75, 3.05) is 11.4 Å². The highest BCUT2D eigenvalue weighted by Crippen LogP contribution is 2.39. The Hall–Kier alpha value is -2.96. The zero-order valence-electron chi connectivity index (χ0n) is 15.0. The number of rotatable bonds is 4. The number of carbonyl (C=O) groups excluding carboxylic acids is 1. The number of anilines is 1. The lowest BCUT2D eigenvalue weighted by Gasteiger charge is -2.45. The van der Waals surface area contributed by atoms with Gasteiger partial charge in [-0.15, -0.1) is 0 Å². The summed E-state index contributed by atoms with van der Waals surface area (Å²) in [7, 11) is 0. The van der Waals surface area contributed by atoms with Crippen LogP contribution in [-0.4, -0.2) is 28.4 Å². The minimum absolute atomic E-state index is 0.00490. The molecule has 2 atom stereocenters. The van der Waals surface area contributed by atoms with Gasteiger partial charge in [-0.25, -0.2) is 0 Å². The summed E-state index contributed by atoms with van der Waals surface area (Å²) in [5.74, 6) is -0.210. The molecule has 2 aliphatic rings. The normalized spacial score (nSPS) is 21.1. The Bertz CT molecular complexity index is 856. The van der Waals surface area contributed by atoms with Crippen molar-refractivity contribution >= 4 is 17.3 Å². The van der Waals surface area contributed by atoms with E-state index in [1.165, 1.54) is 0 Å². The average Bonchev–Trinajstić information content (AvgIpc) is 2.71. The first-order valence-corrected chi connectivity index (χ1v) is 9.35. The Morgan fingerprint density at radius 3 is 2.96 bits per heavy atom. The van der Waals surface area contributed by atoms with Crippen LogP contribution in [0, 0.1) is 16.0 Å². The van der Waals surface area contributed by atoms with Crippen LogP contribution >= 0.6 is 0 Å². The largest absolute Gasteiger partial charge is 0.368 e. The summed E-state index contributed by atoms with van der Waals surface area (Å²) in [6.07, 6.45) is 5.40. The van der Waals surface area contributed by atoms with E-state index in [1.54, 1.807) is 18.3 Å². The van der Waals surface area contributed by atoms with Crippen molar-refractivity contribution in [3.05, 3.63) is 64.0 Å². The van der Waals surface area contributed by atoms with Crippen LogP contribution in [0.5, 0.6) is 0 Å². The maximum atomic E-state index is 13.0. The van der Waals surface area contributed by atoms with Gasteiger partial charge in [0, 0.05) is 36.6 Å². The molecule has 7 nitrogen and oxygen atoms in total. The fourth-order valence-corrected chi connectivity index (χ4v) is 4.26. The van der Waals surface area contributed by atoms with Gasteiger partial charge in [0.1, 0.15) is 0 Å². The van der Waals surface area contributed by atoms with Gasteiger partial charge in [0.05, 0.1) is 23.1 Å². The summed E-state index contributed by atoms with van der Waals surface area (Å²) in [6, 6.07) is 10.8. The Balaban J connectivity index is 1.57. The maximum Gasteiger partial charge on any atom is 0.269 e. The van der Waals surface area contributed by atoms with Gasteiger partial charge in [-0.1, -0.05) is 6.07 Å². The summed E-state index contributed by atoms with van der Waals surface area (Å²) in [4.78, 5) is 30.2. The van der Waals surface area contributed by atoms with Gasteiger partial charge in [0.25, 0.3) is 5.69 Å². The van der Waals surface area contributed by atoms with E-state index in [2.05, 4.69) is 15.2 Å². The number of carbonyl (C=O) groups is 1. The van der Waals surface area contributed by atoms with Gasteiger partial charge in [0.15, 0.2) is 0 Å². The third-order valence-corrected chi connectivity index (χ3v) is 5.54. The van der Waals surface area contributed by atoms with E-state index in [0.717, 1.165) is 42.8 Å². The van der Waals surface area contributed by atoms with Crippen molar-refractivity contribution in [1.82, 2.24) is 10.3 Å².